The van der Waals surface area contributed by atoms with E-state index in [0.29, 0.717) is 6.54 Å². The van der Waals surface area contributed by atoms with Crippen molar-refractivity contribution in [3.05, 3.63) is 22.9 Å². The Kier molecular flexibility index (Phi) is 3.88. The molecule has 1 unspecified atom stereocenters. The van der Waals surface area contributed by atoms with Crippen LogP contribution in [0, 0.1) is 5.92 Å². The third-order valence-corrected chi connectivity index (χ3v) is 2.17. The number of rotatable bonds is 4. The average Bonchev–Trinajstić information content (AvgIpc) is 2.14. The second-order valence-electron chi connectivity index (χ2n) is 3.01. The number of carbonyl (C=O) groups is 1. The van der Waals surface area contributed by atoms with Gasteiger partial charge in [-0.3, -0.25) is 9.78 Å². The van der Waals surface area contributed by atoms with Gasteiger partial charge in [-0.2, -0.15) is 0 Å². The van der Waals surface area contributed by atoms with E-state index in [1.54, 1.807) is 19.3 Å². The molecule has 0 aliphatic heterocycles. The number of aliphatic carboxylic acids is 1. The van der Waals surface area contributed by atoms with E-state index in [2.05, 4.69) is 26.2 Å². The quantitative estimate of drug-likeness (QED) is 0.867. The first-order chi connectivity index (χ1) is 6.59. The van der Waals surface area contributed by atoms with Crippen molar-refractivity contribution in [3.63, 3.8) is 0 Å². The molecule has 1 atom stereocenters. The van der Waals surface area contributed by atoms with Gasteiger partial charge in [0.05, 0.1) is 17.8 Å². The molecule has 0 radical (unpaired) electrons. The van der Waals surface area contributed by atoms with Crippen LogP contribution in [0.15, 0.2) is 22.9 Å². The van der Waals surface area contributed by atoms with Crippen LogP contribution in [-0.4, -0.2) is 22.6 Å². The Hall–Kier alpha value is -1.10. The minimum Gasteiger partial charge on any atom is -0.481 e. The van der Waals surface area contributed by atoms with Crippen LogP contribution in [0.1, 0.15) is 6.92 Å². The van der Waals surface area contributed by atoms with E-state index in [4.69, 9.17) is 5.11 Å². The number of aromatic nitrogens is 1. The number of hydrogen-bond donors (Lipinski definition) is 2. The third kappa shape index (κ3) is 3.33. The molecule has 0 amide bonds. The molecular formula is C9H11BrN2O2. The summed E-state index contributed by atoms with van der Waals surface area (Å²) in [7, 11) is 0. The number of anilines is 1. The molecule has 0 saturated heterocycles. The summed E-state index contributed by atoms with van der Waals surface area (Å²) in [6.07, 6.45) is 3.32. The first-order valence-electron chi connectivity index (χ1n) is 4.17. The molecule has 0 aliphatic carbocycles. The van der Waals surface area contributed by atoms with Gasteiger partial charge in [-0.1, -0.05) is 6.92 Å². The van der Waals surface area contributed by atoms with Crippen LogP contribution in [0.5, 0.6) is 0 Å². The van der Waals surface area contributed by atoms with E-state index in [-0.39, 0.29) is 0 Å². The molecule has 1 heterocycles. The fraction of sp³-hybridized carbons (Fsp3) is 0.333. The van der Waals surface area contributed by atoms with E-state index in [1.807, 2.05) is 6.07 Å². The smallest absolute Gasteiger partial charge is 0.308 e. The largest absolute Gasteiger partial charge is 0.481 e. The molecule has 0 saturated carbocycles. The average molecular weight is 259 g/mol. The van der Waals surface area contributed by atoms with Crippen molar-refractivity contribution >= 4 is 27.6 Å². The van der Waals surface area contributed by atoms with Crippen molar-refractivity contribution in [2.45, 2.75) is 6.92 Å². The predicted octanol–water partition coefficient (Wildman–Crippen LogP) is 1.98. The zero-order valence-corrected chi connectivity index (χ0v) is 9.28. The Balaban J connectivity index is 2.49. The SMILES string of the molecule is CC(CNc1cncc(Br)c1)C(=O)O. The number of carboxylic acids is 1. The normalized spacial score (nSPS) is 12.1. The van der Waals surface area contributed by atoms with Gasteiger partial charge < -0.3 is 10.4 Å². The lowest BCUT2D eigenvalue weighted by molar-refractivity contribution is -0.140. The summed E-state index contributed by atoms with van der Waals surface area (Å²) in [5.41, 5.74) is 0.812. The number of carboxylic acid groups (broad SMARTS) is 1. The van der Waals surface area contributed by atoms with Gasteiger partial charge in [0.15, 0.2) is 0 Å². The molecule has 0 aromatic carbocycles. The predicted molar refractivity (Wildman–Crippen MR) is 57.2 cm³/mol. The highest BCUT2D eigenvalue weighted by molar-refractivity contribution is 9.10. The first-order valence-corrected chi connectivity index (χ1v) is 4.96. The maximum absolute atomic E-state index is 10.5. The highest BCUT2D eigenvalue weighted by Crippen LogP contribution is 2.13. The van der Waals surface area contributed by atoms with Crippen LogP contribution >= 0.6 is 15.9 Å². The molecule has 0 fully saturated rings. The summed E-state index contributed by atoms with van der Waals surface area (Å²) in [5.74, 6) is -1.21. The van der Waals surface area contributed by atoms with Crippen molar-refractivity contribution in [2.24, 2.45) is 5.92 Å². The Morgan fingerprint density at radius 3 is 3.00 bits per heavy atom. The van der Waals surface area contributed by atoms with E-state index in [0.717, 1.165) is 10.2 Å². The monoisotopic (exact) mass is 258 g/mol. The number of nitrogens with zero attached hydrogens (tertiary/aromatic N) is 1. The molecule has 2 N–H and O–H groups in total. The molecule has 76 valence electrons. The van der Waals surface area contributed by atoms with Gasteiger partial charge in [0, 0.05) is 17.2 Å². The van der Waals surface area contributed by atoms with Gasteiger partial charge in [0.25, 0.3) is 0 Å². The van der Waals surface area contributed by atoms with Crippen LogP contribution in [0.3, 0.4) is 0 Å². The van der Waals surface area contributed by atoms with Crippen molar-refractivity contribution < 1.29 is 9.90 Å². The lowest BCUT2D eigenvalue weighted by atomic mass is 10.2. The molecule has 14 heavy (non-hydrogen) atoms. The van der Waals surface area contributed by atoms with Gasteiger partial charge in [0.2, 0.25) is 0 Å². The topological polar surface area (TPSA) is 62.2 Å². The Bertz CT molecular complexity index is 330. The van der Waals surface area contributed by atoms with Gasteiger partial charge in [0.1, 0.15) is 0 Å². The van der Waals surface area contributed by atoms with Crippen molar-refractivity contribution in [1.29, 1.82) is 0 Å². The highest BCUT2D eigenvalue weighted by atomic mass is 79.9. The van der Waals surface area contributed by atoms with E-state index in [9.17, 15) is 4.79 Å². The second-order valence-corrected chi connectivity index (χ2v) is 3.93. The lowest BCUT2D eigenvalue weighted by Gasteiger charge is -2.08. The van der Waals surface area contributed by atoms with Crippen LogP contribution in [0.4, 0.5) is 5.69 Å². The second kappa shape index (κ2) is 4.95. The van der Waals surface area contributed by atoms with Crippen molar-refractivity contribution in [2.75, 3.05) is 11.9 Å². The highest BCUT2D eigenvalue weighted by Gasteiger charge is 2.09. The summed E-state index contributed by atoms with van der Waals surface area (Å²) >= 11 is 3.28. The number of hydrogen-bond acceptors (Lipinski definition) is 3. The molecule has 1 aromatic heterocycles. The van der Waals surface area contributed by atoms with Crippen molar-refractivity contribution in [1.82, 2.24) is 4.98 Å². The van der Waals surface area contributed by atoms with Crippen LogP contribution in [0.2, 0.25) is 0 Å². The molecular weight excluding hydrogens is 248 g/mol. The van der Waals surface area contributed by atoms with Crippen LogP contribution < -0.4 is 5.32 Å². The maximum Gasteiger partial charge on any atom is 0.308 e. The molecule has 0 spiro atoms. The standard InChI is InChI=1S/C9H11BrN2O2/c1-6(9(13)14)3-12-8-2-7(10)4-11-5-8/h2,4-6,12H,3H2,1H3,(H,13,14). The van der Waals surface area contributed by atoms with E-state index in [1.165, 1.54) is 0 Å². The first kappa shape index (κ1) is 11.0. The van der Waals surface area contributed by atoms with Gasteiger partial charge in [-0.15, -0.1) is 0 Å². The molecule has 0 aliphatic rings. The Labute approximate surface area is 90.5 Å². The third-order valence-electron chi connectivity index (χ3n) is 1.74. The minimum atomic E-state index is -0.805. The summed E-state index contributed by atoms with van der Waals surface area (Å²) in [6.45, 7) is 2.05. The zero-order chi connectivity index (χ0) is 10.6. The summed E-state index contributed by atoms with van der Waals surface area (Å²) in [5, 5.41) is 11.6. The fourth-order valence-corrected chi connectivity index (χ4v) is 1.23. The van der Waals surface area contributed by atoms with Crippen molar-refractivity contribution in [3.8, 4) is 0 Å². The Morgan fingerprint density at radius 2 is 2.43 bits per heavy atom. The molecule has 5 heteroatoms. The van der Waals surface area contributed by atoms with Crippen LogP contribution in [-0.2, 0) is 4.79 Å². The number of pyridine rings is 1. The molecule has 0 bridgehead atoms. The molecule has 1 aromatic rings. The fourth-order valence-electron chi connectivity index (χ4n) is 0.867. The lowest BCUT2D eigenvalue weighted by Crippen LogP contribution is -2.19. The molecule has 4 nitrogen and oxygen atoms in total. The Morgan fingerprint density at radius 1 is 1.71 bits per heavy atom. The van der Waals surface area contributed by atoms with Crippen LogP contribution in [0.25, 0.3) is 0 Å². The summed E-state index contributed by atoms with van der Waals surface area (Å²) < 4.78 is 0.866. The summed E-state index contributed by atoms with van der Waals surface area (Å²) in [4.78, 5) is 14.5. The van der Waals surface area contributed by atoms with E-state index >= 15 is 0 Å². The van der Waals surface area contributed by atoms with E-state index < -0.39 is 11.9 Å². The summed E-state index contributed by atoms with van der Waals surface area (Å²) in [6, 6.07) is 1.85. The molecule has 1 rings (SSSR count). The number of nitrogens with one attached hydrogen (secondary N) is 1. The zero-order valence-electron chi connectivity index (χ0n) is 7.70. The van der Waals surface area contributed by atoms with Gasteiger partial charge in [-0.05, 0) is 22.0 Å². The number of halogens is 1. The minimum absolute atomic E-state index is 0.396. The van der Waals surface area contributed by atoms with Gasteiger partial charge >= 0.3 is 5.97 Å². The maximum atomic E-state index is 10.5. The van der Waals surface area contributed by atoms with Gasteiger partial charge in [-0.25, -0.2) is 0 Å².